The number of aromatic nitrogens is 4. The van der Waals surface area contributed by atoms with Gasteiger partial charge in [-0.25, -0.2) is 4.98 Å². The Kier molecular flexibility index (Phi) is 3.22. The summed E-state index contributed by atoms with van der Waals surface area (Å²) in [5, 5.41) is 7.21. The third-order valence-electron chi connectivity index (χ3n) is 2.47. The first-order valence-corrected chi connectivity index (χ1v) is 5.44. The third-order valence-corrected chi connectivity index (χ3v) is 2.47. The fourth-order valence-electron chi connectivity index (χ4n) is 1.64. The van der Waals surface area contributed by atoms with Crippen molar-refractivity contribution in [2.45, 2.75) is 13.3 Å². The summed E-state index contributed by atoms with van der Waals surface area (Å²) in [6, 6.07) is 3.43. The zero-order valence-corrected chi connectivity index (χ0v) is 9.90. The summed E-state index contributed by atoms with van der Waals surface area (Å²) in [7, 11) is 1.91. The number of aryl methyl sites for hydroxylation is 2. The van der Waals surface area contributed by atoms with E-state index in [4.69, 9.17) is 0 Å². The predicted octanol–water partition coefficient (Wildman–Crippen LogP) is 0.466. The zero-order chi connectivity index (χ0) is 12.3. The second-order valence-electron chi connectivity index (χ2n) is 3.84. The Morgan fingerprint density at radius 2 is 2.35 bits per heavy atom. The van der Waals surface area contributed by atoms with E-state index in [9.17, 15) is 4.79 Å². The summed E-state index contributed by atoms with van der Waals surface area (Å²) in [5.41, 5.74) is 1.000. The molecule has 0 saturated heterocycles. The number of hydrogen-bond donors (Lipinski definition) is 2. The highest BCUT2D eigenvalue weighted by Crippen LogP contribution is 2.01. The summed E-state index contributed by atoms with van der Waals surface area (Å²) in [5.74, 6) is 1.22. The predicted molar refractivity (Wildman–Crippen MR) is 65.0 cm³/mol. The van der Waals surface area contributed by atoms with Crippen LogP contribution in [0.2, 0.25) is 0 Å². The number of hydrogen-bond acceptors (Lipinski definition) is 4. The topological polar surface area (TPSA) is 75.6 Å². The number of H-pyrrole nitrogens is 1. The molecule has 2 rings (SSSR count). The normalized spacial score (nSPS) is 10.5. The summed E-state index contributed by atoms with van der Waals surface area (Å²) in [6.45, 7) is 2.48. The van der Waals surface area contributed by atoms with Gasteiger partial charge >= 0.3 is 0 Å². The maximum Gasteiger partial charge on any atom is 0.252 e. The molecule has 2 aromatic rings. The summed E-state index contributed by atoms with van der Waals surface area (Å²) in [4.78, 5) is 18.0. The van der Waals surface area contributed by atoms with Gasteiger partial charge in [-0.2, -0.15) is 5.10 Å². The van der Waals surface area contributed by atoms with Gasteiger partial charge in [0.25, 0.3) is 5.56 Å². The lowest BCUT2D eigenvalue weighted by Crippen LogP contribution is -2.14. The minimum absolute atomic E-state index is 0.138. The molecule has 0 fully saturated rings. The van der Waals surface area contributed by atoms with Crippen LogP contribution in [0.3, 0.4) is 0 Å². The molecule has 0 aliphatic rings. The van der Waals surface area contributed by atoms with E-state index in [1.54, 1.807) is 13.1 Å². The number of aromatic amines is 1. The maximum atomic E-state index is 11.2. The van der Waals surface area contributed by atoms with Gasteiger partial charge in [-0.05, 0) is 13.0 Å². The Morgan fingerprint density at radius 3 is 3.00 bits per heavy atom. The van der Waals surface area contributed by atoms with Gasteiger partial charge in [0.1, 0.15) is 11.6 Å². The standard InChI is InChI=1S/C11H15N5O/c1-8-14-10(7-11(17)15-8)12-5-3-9-4-6-13-16(9)2/h4,6-7H,3,5H2,1-2H3,(H2,12,14,15,17). The van der Waals surface area contributed by atoms with Crippen LogP contribution in [0, 0.1) is 6.92 Å². The molecular weight excluding hydrogens is 218 g/mol. The molecule has 0 bridgehead atoms. The van der Waals surface area contributed by atoms with Crippen LogP contribution >= 0.6 is 0 Å². The molecule has 0 aliphatic heterocycles. The molecule has 0 aromatic carbocycles. The van der Waals surface area contributed by atoms with E-state index in [-0.39, 0.29) is 5.56 Å². The Balaban J connectivity index is 1.94. The van der Waals surface area contributed by atoms with Crippen LogP contribution in [-0.2, 0) is 13.5 Å². The molecule has 0 aliphatic carbocycles. The van der Waals surface area contributed by atoms with Crippen molar-refractivity contribution in [1.29, 1.82) is 0 Å². The lowest BCUT2D eigenvalue weighted by Gasteiger charge is -2.05. The lowest BCUT2D eigenvalue weighted by molar-refractivity contribution is 0.711. The van der Waals surface area contributed by atoms with E-state index < -0.39 is 0 Å². The first-order chi connectivity index (χ1) is 8.15. The molecule has 0 spiro atoms. The molecule has 17 heavy (non-hydrogen) atoms. The van der Waals surface area contributed by atoms with Gasteiger partial charge in [0.15, 0.2) is 0 Å². The zero-order valence-electron chi connectivity index (χ0n) is 9.90. The highest BCUT2D eigenvalue weighted by molar-refractivity contribution is 5.32. The van der Waals surface area contributed by atoms with Crippen LogP contribution in [0.1, 0.15) is 11.5 Å². The quantitative estimate of drug-likeness (QED) is 0.804. The van der Waals surface area contributed by atoms with E-state index in [0.29, 0.717) is 11.6 Å². The van der Waals surface area contributed by atoms with Gasteiger partial charge in [0.2, 0.25) is 0 Å². The Bertz CT molecular complexity index is 557. The molecule has 6 nitrogen and oxygen atoms in total. The Hall–Kier alpha value is -2.11. The van der Waals surface area contributed by atoms with Gasteiger partial charge in [0, 0.05) is 38.0 Å². The first kappa shape index (κ1) is 11.4. The minimum Gasteiger partial charge on any atom is -0.369 e. The molecule has 0 atom stereocenters. The van der Waals surface area contributed by atoms with Gasteiger partial charge < -0.3 is 10.3 Å². The molecule has 0 amide bonds. The minimum atomic E-state index is -0.138. The number of nitrogens with one attached hydrogen (secondary N) is 2. The molecule has 0 radical (unpaired) electrons. The Labute approximate surface area is 98.7 Å². The average molecular weight is 233 g/mol. The van der Waals surface area contributed by atoms with Gasteiger partial charge in [-0.1, -0.05) is 0 Å². The molecule has 2 heterocycles. The number of rotatable bonds is 4. The average Bonchev–Trinajstić information content (AvgIpc) is 2.63. The molecule has 2 N–H and O–H groups in total. The fraction of sp³-hybridized carbons (Fsp3) is 0.364. The number of anilines is 1. The van der Waals surface area contributed by atoms with E-state index in [0.717, 1.165) is 18.7 Å². The van der Waals surface area contributed by atoms with Gasteiger partial charge in [-0.3, -0.25) is 9.48 Å². The molecule has 0 unspecified atom stereocenters. The van der Waals surface area contributed by atoms with Gasteiger partial charge in [0.05, 0.1) is 0 Å². The van der Waals surface area contributed by atoms with Crippen molar-refractivity contribution in [1.82, 2.24) is 19.7 Å². The van der Waals surface area contributed by atoms with Crippen molar-refractivity contribution in [3.05, 3.63) is 40.2 Å². The molecule has 0 saturated carbocycles. The van der Waals surface area contributed by atoms with Crippen LogP contribution < -0.4 is 10.9 Å². The summed E-state index contributed by atoms with van der Waals surface area (Å²) >= 11 is 0. The van der Waals surface area contributed by atoms with E-state index in [1.807, 2.05) is 17.8 Å². The third kappa shape index (κ3) is 2.93. The maximum absolute atomic E-state index is 11.2. The van der Waals surface area contributed by atoms with Crippen LogP contribution in [-0.4, -0.2) is 26.3 Å². The second-order valence-corrected chi connectivity index (χ2v) is 3.84. The highest BCUT2D eigenvalue weighted by Gasteiger charge is 2.00. The van der Waals surface area contributed by atoms with Crippen LogP contribution in [0.15, 0.2) is 23.1 Å². The van der Waals surface area contributed by atoms with Crippen molar-refractivity contribution >= 4 is 5.82 Å². The van der Waals surface area contributed by atoms with Crippen LogP contribution in [0.4, 0.5) is 5.82 Å². The molecule has 2 aromatic heterocycles. The highest BCUT2D eigenvalue weighted by atomic mass is 16.1. The van der Waals surface area contributed by atoms with E-state index in [2.05, 4.69) is 20.4 Å². The summed E-state index contributed by atoms with van der Waals surface area (Å²) in [6.07, 6.45) is 2.61. The summed E-state index contributed by atoms with van der Waals surface area (Å²) < 4.78 is 1.83. The number of nitrogens with zero attached hydrogens (tertiary/aromatic N) is 3. The van der Waals surface area contributed by atoms with Gasteiger partial charge in [-0.15, -0.1) is 0 Å². The lowest BCUT2D eigenvalue weighted by atomic mass is 10.3. The smallest absolute Gasteiger partial charge is 0.252 e. The molecule has 6 heteroatoms. The SMILES string of the molecule is Cc1nc(NCCc2ccnn2C)cc(=O)[nH]1. The Morgan fingerprint density at radius 1 is 1.53 bits per heavy atom. The van der Waals surface area contributed by atoms with E-state index >= 15 is 0 Å². The molecule has 90 valence electrons. The largest absolute Gasteiger partial charge is 0.369 e. The first-order valence-electron chi connectivity index (χ1n) is 5.44. The van der Waals surface area contributed by atoms with E-state index in [1.165, 1.54) is 6.07 Å². The van der Waals surface area contributed by atoms with Crippen molar-refractivity contribution in [2.75, 3.05) is 11.9 Å². The van der Waals surface area contributed by atoms with Crippen molar-refractivity contribution in [3.63, 3.8) is 0 Å². The van der Waals surface area contributed by atoms with Crippen LogP contribution in [0.5, 0.6) is 0 Å². The van der Waals surface area contributed by atoms with Crippen molar-refractivity contribution in [3.8, 4) is 0 Å². The fourth-order valence-corrected chi connectivity index (χ4v) is 1.64. The van der Waals surface area contributed by atoms with Crippen molar-refractivity contribution in [2.24, 2.45) is 7.05 Å². The monoisotopic (exact) mass is 233 g/mol. The van der Waals surface area contributed by atoms with Crippen LogP contribution in [0.25, 0.3) is 0 Å². The second kappa shape index (κ2) is 4.82. The molecular formula is C11H15N5O. The van der Waals surface area contributed by atoms with Crippen molar-refractivity contribution < 1.29 is 0 Å².